The van der Waals surface area contributed by atoms with Crippen molar-refractivity contribution >= 4 is 0 Å². The maximum absolute atomic E-state index is 2.43. The number of rotatable bonds is 2. The lowest BCUT2D eigenvalue weighted by Crippen LogP contribution is -2.25. The summed E-state index contributed by atoms with van der Waals surface area (Å²) in [5.41, 5.74) is 0. The highest BCUT2D eigenvalue weighted by molar-refractivity contribution is 4.99. The maximum atomic E-state index is 2.43. The van der Waals surface area contributed by atoms with Crippen molar-refractivity contribution in [2.24, 2.45) is 23.7 Å². The molecule has 0 N–H and O–H groups in total. The molecule has 3 rings (SSSR count). The van der Waals surface area contributed by atoms with Gasteiger partial charge < -0.3 is 0 Å². The fraction of sp³-hybridized carbons (Fsp3) is 0.714. The van der Waals surface area contributed by atoms with Crippen molar-refractivity contribution in [1.82, 2.24) is 0 Å². The Morgan fingerprint density at radius 1 is 0.619 bits per heavy atom. The average Bonchev–Trinajstić information content (AvgIpc) is 2.58. The highest BCUT2D eigenvalue weighted by atomic mass is 14.3. The standard InChI is InChI=1S/C15H28.C6H6/c1-3-13-6-10-15(11-7-13)14-8-4-12(2)5-9-14;1-2-4-6-5-3-1/h12-15H,3-11H2,1-2H3;1-6H. The summed E-state index contributed by atoms with van der Waals surface area (Å²) in [6.45, 7) is 4.80. The molecule has 0 bridgehead atoms. The van der Waals surface area contributed by atoms with Gasteiger partial charge in [0.15, 0.2) is 0 Å². The third-order valence-electron chi connectivity index (χ3n) is 5.86. The molecule has 21 heavy (non-hydrogen) atoms. The molecule has 0 aromatic heterocycles. The monoisotopic (exact) mass is 286 g/mol. The number of hydrogen-bond donors (Lipinski definition) is 0. The van der Waals surface area contributed by atoms with Crippen LogP contribution in [-0.2, 0) is 0 Å². The Morgan fingerprint density at radius 2 is 1.00 bits per heavy atom. The molecular weight excluding hydrogens is 252 g/mol. The van der Waals surface area contributed by atoms with E-state index in [9.17, 15) is 0 Å². The molecule has 0 heteroatoms. The minimum absolute atomic E-state index is 1.02. The van der Waals surface area contributed by atoms with Gasteiger partial charge in [-0.2, -0.15) is 0 Å². The molecule has 0 unspecified atom stereocenters. The van der Waals surface area contributed by atoms with Gasteiger partial charge in [-0.3, -0.25) is 0 Å². The van der Waals surface area contributed by atoms with Crippen LogP contribution in [0.2, 0.25) is 0 Å². The average molecular weight is 287 g/mol. The lowest BCUT2D eigenvalue weighted by molar-refractivity contribution is 0.149. The molecule has 0 radical (unpaired) electrons. The Kier molecular flexibility index (Phi) is 7.33. The van der Waals surface area contributed by atoms with Gasteiger partial charge in [-0.1, -0.05) is 82.3 Å². The molecule has 0 atom stereocenters. The molecule has 0 amide bonds. The summed E-state index contributed by atoms with van der Waals surface area (Å²) in [5, 5.41) is 0. The van der Waals surface area contributed by atoms with Gasteiger partial charge in [0.2, 0.25) is 0 Å². The third kappa shape index (κ3) is 5.85. The predicted molar refractivity (Wildman–Crippen MR) is 93.3 cm³/mol. The Bertz CT molecular complexity index is 313. The maximum Gasteiger partial charge on any atom is -0.0386 e. The first-order valence-electron chi connectivity index (χ1n) is 9.29. The van der Waals surface area contributed by atoms with Gasteiger partial charge in [0, 0.05) is 0 Å². The van der Waals surface area contributed by atoms with Crippen LogP contribution in [0.3, 0.4) is 0 Å². The second-order valence-electron chi connectivity index (χ2n) is 7.36. The van der Waals surface area contributed by atoms with Crippen molar-refractivity contribution in [2.45, 2.75) is 71.6 Å². The van der Waals surface area contributed by atoms with Crippen molar-refractivity contribution < 1.29 is 0 Å². The van der Waals surface area contributed by atoms with E-state index in [4.69, 9.17) is 0 Å². The third-order valence-corrected chi connectivity index (χ3v) is 5.86. The van der Waals surface area contributed by atoms with E-state index in [2.05, 4.69) is 13.8 Å². The summed E-state index contributed by atoms with van der Waals surface area (Å²) in [7, 11) is 0. The van der Waals surface area contributed by atoms with Gasteiger partial charge in [0.25, 0.3) is 0 Å². The van der Waals surface area contributed by atoms with E-state index in [1.165, 1.54) is 32.1 Å². The Labute approximate surface area is 132 Å². The van der Waals surface area contributed by atoms with Crippen LogP contribution in [0.15, 0.2) is 36.4 Å². The van der Waals surface area contributed by atoms with Gasteiger partial charge >= 0.3 is 0 Å². The zero-order chi connectivity index (χ0) is 14.9. The first kappa shape index (κ1) is 16.6. The normalized spacial score (nSPS) is 32.9. The molecule has 2 fully saturated rings. The van der Waals surface area contributed by atoms with E-state index in [0.717, 1.165) is 23.7 Å². The summed E-state index contributed by atoms with van der Waals surface area (Å²) in [4.78, 5) is 0. The zero-order valence-corrected chi connectivity index (χ0v) is 14.1. The van der Waals surface area contributed by atoms with Crippen LogP contribution in [0.1, 0.15) is 71.6 Å². The molecule has 2 aliphatic rings. The van der Waals surface area contributed by atoms with E-state index in [-0.39, 0.29) is 0 Å². The molecule has 0 nitrogen and oxygen atoms in total. The summed E-state index contributed by atoms with van der Waals surface area (Å²) >= 11 is 0. The molecule has 118 valence electrons. The van der Waals surface area contributed by atoms with E-state index < -0.39 is 0 Å². The smallest absolute Gasteiger partial charge is 0.0386 e. The Balaban J connectivity index is 0.000000225. The molecule has 2 saturated carbocycles. The summed E-state index contributed by atoms with van der Waals surface area (Å²) in [6.07, 6.45) is 13.7. The van der Waals surface area contributed by atoms with Crippen LogP contribution >= 0.6 is 0 Å². The molecule has 0 spiro atoms. The lowest BCUT2D eigenvalue weighted by Gasteiger charge is -2.37. The van der Waals surface area contributed by atoms with Crippen LogP contribution in [-0.4, -0.2) is 0 Å². The first-order valence-corrected chi connectivity index (χ1v) is 9.29. The number of hydrogen-bond acceptors (Lipinski definition) is 0. The summed E-state index contributed by atoms with van der Waals surface area (Å²) < 4.78 is 0. The SMILES string of the molecule is CCC1CCC(C2CCC(C)CC2)CC1.c1ccccc1. The quantitative estimate of drug-likeness (QED) is 0.566. The fourth-order valence-corrected chi connectivity index (χ4v) is 4.21. The highest BCUT2D eigenvalue weighted by Crippen LogP contribution is 2.41. The van der Waals surface area contributed by atoms with Crippen molar-refractivity contribution in [2.75, 3.05) is 0 Å². The van der Waals surface area contributed by atoms with Crippen LogP contribution in [0.25, 0.3) is 0 Å². The van der Waals surface area contributed by atoms with Gasteiger partial charge in [-0.15, -0.1) is 0 Å². The van der Waals surface area contributed by atoms with Crippen molar-refractivity contribution in [3.05, 3.63) is 36.4 Å². The predicted octanol–water partition coefficient (Wildman–Crippen LogP) is 6.72. The van der Waals surface area contributed by atoms with Crippen molar-refractivity contribution in [3.8, 4) is 0 Å². The second-order valence-corrected chi connectivity index (χ2v) is 7.36. The molecule has 0 saturated heterocycles. The number of benzene rings is 1. The largest absolute Gasteiger partial charge is 0.0651 e. The topological polar surface area (TPSA) is 0 Å². The lowest BCUT2D eigenvalue weighted by atomic mass is 9.69. The van der Waals surface area contributed by atoms with Gasteiger partial charge in [-0.25, -0.2) is 0 Å². The van der Waals surface area contributed by atoms with E-state index >= 15 is 0 Å². The molecule has 1 aromatic rings. The summed E-state index contributed by atoms with van der Waals surface area (Å²) in [5.74, 6) is 4.32. The molecule has 0 aliphatic heterocycles. The van der Waals surface area contributed by atoms with Crippen molar-refractivity contribution in [1.29, 1.82) is 0 Å². The van der Waals surface area contributed by atoms with Crippen LogP contribution in [0.5, 0.6) is 0 Å². The van der Waals surface area contributed by atoms with E-state index in [1.807, 2.05) is 36.4 Å². The first-order chi connectivity index (χ1) is 10.3. The van der Waals surface area contributed by atoms with Crippen LogP contribution in [0, 0.1) is 23.7 Å². The summed E-state index contributed by atoms with van der Waals surface area (Å²) in [6, 6.07) is 12.0. The highest BCUT2D eigenvalue weighted by Gasteiger charge is 2.29. The van der Waals surface area contributed by atoms with Gasteiger partial charge in [0.05, 0.1) is 0 Å². The van der Waals surface area contributed by atoms with E-state index in [0.29, 0.717) is 0 Å². The molecular formula is C21H34. The van der Waals surface area contributed by atoms with Gasteiger partial charge in [-0.05, 0) is 49.4 Å². The van der Waals surface area contributed by atoms with Crippen molar-refractivity contribution in [3.63, 3.8) is 0 Å². The zero-order valence-electron chi connectivity index (χ0n) is 14.1. The van der Waals surface area contributed by atoms with E-state index in [1.54, 1.807) is 25.7 Å². The van der Waals surface area contributed by atoms with Crippen LogP contribution in [0.4, 0.5) is 0 Å². The minimum atomic E-state index is 1.02. The Morgan fingerprint density at radius 3 is 1.38 bits per heavy atom. The molecule has 2 aliphatic carbocycles. The second kappa shape index (κ2) is 9.28. The Hall–Kier alpha value is -0.780. The molecule has 0 heterocycles. The van der Waals surface area contributed by atoms with Crippen LogP contribution < -0.4 is 0 Å². The van der Waals surface area contributed by atoms with Gasteiger partial charge in [0.1, 0.15) is 0 Å². The fourth-order valence-electron chi connectivity index (χ4n) is 4.21. The molecule has 1 aromatic carbocycles. The minimum Gasteiger partial charge on any atom is -0.0651 e.